The molecule has 0 aromatic rings. The van der Waals surface area contributed by atoms with Crippen molar-refractivity contribution in [3.05, 3.63) is 0 Å². The summed E-state index contributed by atoms with van der Waals surface area (Å²) >= 11 is 0. The molecule has 1 amide bonds. The van der Waals surface area contributed by atoms with Crippen LogP contribution in [0.2, 0.25) is 0 Å². The fraction of sp³-hybridized carbons (Fsp3) is 0.889. The monoisotopic (exact) mass is 202 g/mol. The Morgan fingerprint density at radius 3 is 3.00 bits per heavy atom. The van der Waals surface area contributed by atoms with Gasteiger partial charge in [-0.1, -0.05) is 0 Å². The Morgan fingerprint density at radius 1 is 1.71 bits per heavy atom. The highest BCUT2D eigenvalue weighted by Gasteiger charge is 2.28. The maximum absolute atomic E-state index is 11.6. The second kappa shape index (κ2) is 5.29. The van der Waals surface area contributed by atoms with E-state index in [4.69, 9.17) is 15.6 Å². The number of rotatable bonds is 3. The third kappa shape index (κ3) is 2.67. The number of carbonyl (C=O) groups is 1. The first-order valence-corrected chi connectivity index (χ1v) is 4.91. The molecule has 0 saturated carbocycles. The molecule has 2 unspecified atom stereocenters. The average molecular weight is 202 g/mol. The first-order chi connectivity index (χ1) is 6.69. The van der Waals surface area contributed by atoms with Crippen molar-refractivity contribution in [1.29, 1.82) is 0 Å². The zero-order valence-electron chi connectivity index (χ0n) is 8.48. The summed E-state index contributed by atoms with van der Waals surface area (Å²) in [5.41, 5.74) is 5.32. The van der Waals surface area contributed by atoms with Gasteiger partial charge in [0.1, 0.15) is 0 Å². The molecule has 0 bridgehead atoms. The van der Waals surface area contributed by atoms with Gasteiger partial charge in [0.25, 0.3) is 0 Å². The lowest BCUT2D eigenvalue weighted by atomic mass is 10.2. The van der Waals surface area contributed by atoms with E-state index in [1.165, 1.54) is 0 Å². The molecule has 0 radical (unpaired) electrons. The van der Waals surface area contributed by atoms with Gasteiger partial charge in [-0.05, 0) is 6.92 Å². The Morgan fingerprint density at radius 2 is 2.43 bits per heavy atom. The molecule has 1 aliphatic rings. The Kier molecular flexibility index (Phi) is 4.31. The zero-order valence-corrected chi connectivity index (χ0v) is 8.48. The molecule has 1 fully saturated rings. The number of morpholine rings is 1. The molecule has 0 aliphatic carbocycles. The smallest absolute Gasteiger partial charge is 0.224 e. The quantitative estimate of drug-likeness (QED) is 0.612. The molecule has 3 N–H and O–H groups in total. The molecule has 0 aromatic carbocycles. The fourth-order valence-corrected chi connectivity index (χ4v) is 1.54. The molecule has 5 nitrogen and oxygen atoms in total. The zero-order chi connectivity index (χ0) is 10.6. The minimum absolute atomic E-state index is 0.0425. The number of hydrogen-bond acceptors (Lipinski definition) is 4. The predicted octanol–water partition coefficient (Wildman–Crippen LogP) is -1.06. The van der Waals surface area contributed by atoms with Crippen molar-refractivity contribution < 1.29 is 14.6 Å². The van der Waals surface area contributed by atoms with Crippen LogP contribution >= 0.6 is 0 Å². The lowest BCUT2D eigenvalue weighted by molar-refractivity contribution is -0.145. The molecule has 2 atom stereocenters. The van der Waals surface area contributed by atoms with Crippen LogP contribution in [0, 0.1) is 0 Å². The van der Waals surface area contributed by atoms with Crippen LogP contribution in [-0.2, 0) is 9.53 Å². The minimum atomic E-state index is -0.243. The first-order valence-electron chi connectivity index (χ1n) is 4.91. The number of aliphatic hydroxyl groups excluding tert-OH is 1. The van der Waals surface area contributed by atoms with Gasteiger partial charge in [-0.15, -0.1) is 0 Å². The van der Waals surface area contributed by atoms with E-state index >= 15 is 0 Å². The Hall–Kier alpha value is -0.650. The molecule has 82 valence electrons. The summed E-state index contributed by atoms with van der Waals surface area (Å²) in [6.07, 6.45) is 0.121. The van der Waals surface area contributed by atoms with E-state index in [-0.39, 0.29) is 24.7 Å². The molecule has 1 saturated heterocycles. The van der Waals surface area contributed by atoms with Gasteiger partial charge in [-0.2, -0.15) is 0 Å². The van der Waals surface area contributed by atoms with Gasteiger partial charge in [-0.3, -0.25) is 4.79 Å². The van der Waals surface area contributed by atoms with E-state index in [2.05, 4.69) is 0 Å². The van der Waals surface area contributed by atoms with E-state index in [0.717, 1.165) is 0 Å². The lowest BCUT2D eigenvalue weighted by Gasteiger charge is -2.37. The van der Waals surface area contributed by atoms with E-state index in [9.17, 15) is 4.79 Å². The molecule has 1 rings (SSSR count). The number of amides is 1. The Balaban J connectivity index is 2.51. The van der Waals surface area contributed by atoms with Gasteiger partial charge in [0.2, 0.25) is 5.91 Å². The summed E-state index contributed by atoms with van der Waals surface area (Å²) in [7, 11) is 0. The Labute approximate surface area is 83.8 Å². The minimum Gasteiger partial charge on any atom is -0.394 e. The average Bonchev–Trinajstić information content (AvgIpc) is 2.19. The number of carbonyl (C=O) groups excluding carboxylic acids is 1. The maximum atomic E-state index is 11.6. The van der Waals surface area contributed by atoms with Crippen LogP contribution in [0.3, 0.4) is 0 Å². The van der Waals surface area contributed by atoms with Crippen LogP contribution in [0.4, 0.5) is 0 Å². The molecule has 1 aliphatic heterocycles. The van der Waals surface area contributed by atoms with Crippen LogP contribution in [-0.4, -0.2) is 54.4 Å². The van der Waals surface area contributed by atoms with Crippen molar-refractivity contribution in [2.45, 2.75) is 25.5 Å². The van der Waals surface area contributed by atoms with Gasteiger partial charge < -0.3 is 20.5 Å². The summed E-state index contributed by atoms with van der Waals surface area (Å²) in [5, 5.41) is 8.92. The van der Waals surface area contributed by atoms with Crippen LogP contribution < -0.4 is 5.73 Å². The van der Waals surface area contributed by atoms with Crippen molar-refractivity contribution in [3.63, 3.8) is 0 Å². The number of ether oxygens (including phenoxy) is 1. The van der Waals surface area contributed by atoms with Gasteiger partial charge in [0, 0.05) is 19.5 Å². The first kappa shape index (κ1) is 11.4. The van der Waals surface area contributed by atoms with E-state index in [0.29, 0.717) is 26.1 Å². The molecular weight excluding hydrogens is 184 g/mol. The normalized spacial score (nSPS) is 27.8. The van der Waals surface area contributed by atoms with Crippen LogP contribution in [0.15, 0.2) is 0 Å². The van der Waals surface area contributed by atoms with Crippen molar-refractivity contribution in [1.82, 2.24) is 4.90 Å². The van der Waals surface area contributed by atoms with Gasteiger partial charge in [-0.25, -0.2) is 0 Å². The highest BCUT2D eigenvalue weighted by atomic mass is 16.5. The van der Waals surface area contributed by atoms with Crippen molar-refractivity contribution in [3.8, 4) is 0 Å². The largest absolute Gasteiger partial charge is 0.394 e. The highest BCUT2D eigenvalue weighted by molar-refractivity contribution is 5.76. The highest BCUT2D eigenvalue weighted by Crippen LogP contribution is 2.12. The van der Waals surface area contributed by atoms with Crippen LogP contribution in [0.5, 0.6) is 0 Å². The van der Waals surface area contributed by atoms with Crippen LogP contribution in [0.1, 0.15) is 13.3 Å². The number of nitrogens with two attached hydrogens (primary N) is 1. The summed E-state index contributed by atoms with van der Waals surface area (Å²) in [5.74, 6) is 0.0433. The predicted molar refractivity (Wildman–Crippen MR) is 51.7 cm³/mol. The molecule has 14 heavy (non-hydrogen) atoms. The van der Waals surface area contributed by atoms with Crippen molar-refractivity contribution in [2.75, 3.05) is 26.3 Å². The third-order valence-electron chi connectivity index (χ3n) is 2.39. The molecule has 0 aromatic heterocycles. The van der Waals surface area contributed by atoms with Crippen molar-refractivity contribution >= 4 is 5.91 Å². The van der Waals surface area contributed by atoms with E-state index in [1.807, 2.05) is 6.92 Å². The topological polar surface area (TPSA) is 75.8 Å². The number of aliphatic hydroxyl groups is 1. The van der Waals surface area contributed by atoms with Gasteiger partial charge in [0.15, 0.2) is 0 Å². The summed E-state index contributed by atoms with van der Waals surface area (Å²) in [6.45, 7) is 3.21. The second-order valence-corrected chi connectivity index (χ2v) is 3.57. The fourth-order valence-electron chi connectivity index (χ4n) is 1.54. The summed E-state index contributed by atoms with van der Waals surface area (Å²) in [6, 6.07) is 0.0804. The second-order valence-electron chi connectivity index (χ2n) is 3.57. The summed E-state index contributed by atoms with van der Waals surface area (Å²) in [4.78, 5) is 13.3. The van der Waals surface area contributed by atoms with Gasteiger partial charge >= 0.3 is 0 Å². The summed E-state index contributed by atoms with van der Waals surface area (Å²) < 4.78 is 5.32. The SMILES string of the molecule is CC1COC(CO)CN1C(=O)CCN. The van der Waals surface area contributed by atoms with E-state index < -0.39 is 0 Å². The number of nitrogens with zero attached hydrogens (tertiary/aromatic N) is 1. The molecule has 0 spiro atoms. The Bertz CT molecular complexity index is 198. The number of hydrogen-bond donors (Lipinski definition) is 2. The van der Waals surface area contributed by atoms with Crippen molar-refractivity contribution in [2.24, 2.45) is 5.73 Å². The molecule has 1 heterocycles. The standard InChI is InChI=1S/C9H18N2O3/c1-7-6-14-8(5-12)4-11(7)9(13)2-3-10/h7-8,12H,2-6,10H2,1H3. The lowest BCUT2D eigenvalue weighted by Crippen LogP contribution is -2.52. The van der Waals surface area contributed by atoms with E-state index in [1.54, 1.807) is 4.90 Å². The molecular formula is C9H18N2O3. The van der Waals surface area contributed by atoms with Crippen LogP contribution in [0.25, 0.3) is 0 Å². The molecule has 5 heteroatoms. The van der Waals surface area contributed by atoms with Gasteiger partial charge in [0.05, 0.1) is 25.4 Å². The third-order valence-corrected chi connectivity index (χ3v) is 2.39. The maximum Gasteiger partial charge on any atom is 0.224 e.